The molecule has 0 aromatic heterocycles. The molecule has 1 aromatic rings. The maximum atomic E-state index is 6.23. The van der Waals surface area contributed by atoms with Gasteiger partial charge in [0, 0.05) is 26.1 Å². The number of likely N-dealkylation sites (N-methyl/N-ethyl adjacent to an activating group) is 1. The Bertz CT molecular complexity index is 412. The van der Waals surface area contributed by atoms with E-state index in [0.29, 0.717) is 30.5 Å². The molecule has 0 radical (unpaired) electrons. The number of benzene rings is 1. The third kappa shape index (κ3) is 3.28. The van der Waals surface area contributed by atoms with Crippen molar-refractivity contribution in [2.24, 2.45) is 5.73 Å². The van der Waals surface area contributed by atoms with Gasteiger partial charge < -0.3 is 20.1 Å². The third-order valence-corrected chi connectivity index (χ3v) is 3.11. The number of ether oxygens (including phenoxy) is 2. The Balaban J connectivity index is 2.18. The van der Waals surface area contributed by atoms with Gasteiger partial charge in [-0.25, -0.2) is 0 Å². The van der Waals surface area contributed by atoms with Crippen LogP contribution in [0.15, 0.2) is 12.1 Å². The second-order valence-electron chi connectivity index (χ2n) is 4.48. The Hall–Kier alpha value is -0.970. The van der Waals surface area contributed by atoms with E-state index >= 15 is 0 Å². The fraction of sp³-hybridized carbons (Fsp3) is 0.538. The van der Waals surface area contributed by atoms with Gasteiger partial charge in [-0.1, -0.05) is 11.6 Å². The summed E-state index contributed by atoms with van der Waals surface area (Å²) in [6.07, 6.45) is 0.882. The van der Waals surface area contributed by atoms with Crippen molar-refractivity contribution < 1.29 is 9.47 Å². The van der Waals surface area contributed by atoms with Crippen LogP contribution in [0, 0.1) is 0 Å². The molecule has 0 aliphatic carbocycles. The second kappa shape index (κ2) is 6.27. The lowest BCUT2D eigenvalue weighted by Crippen LogP contribution is -2.24. The summed E-state index contributed by atoms with van der Waals surface area (Å²) in [6.45, 7) is 3.62. The first-order chi connectivity index (χ1) is 8.70. The van der Waals surface area contributed by atoms with Gasteiger partial charge in [0.2, 0.25) is 0 Å². The maximum Gasteiger partial charge on any atom is 0.179 e. The largest absolute Gasteiger partial charge is 0.489 e. The van der Waals surface area contributed by atoms with Crippen molar-refractivity contribution in [3.63, 3.8) is 0 Å². The van der Waals surface area contributed by atoms with E-state index in [1.54, 1.807) is 0 Å². The van der Waals surface area contributed by atoms with Gasteiger partial charge in [0.15, 0.2) is 11.5 Å². The molecule has 5 heteroatoms. The molecule has 0 amide bonds. The Labute approximate surface area is 113 Å². The van der Waals surface area contributed by atoms with Gasteiger partial charge >= 0.3 is 0 Å². The molecule has 0 fully saturated rings. The number of hydrogen-bond donors (Lipinski definition) is 1. The fourth-order valence-electron chi connectivity index (χ4n) is 1.99. The zero-order valence-corrected chi connectivity index (χ0v) is 11.4. The van der Waals surface area contributed by atoms with Crippen molar-refractivity contribution in [3.8, 4) is 11.5 Å². The predicted octanol–water partition coefficient (Wildman–Crippen LogP) is 1.89. The van der Waals surface area contributed by atoms with E-state index in [0.717, 1.165) is 30.8 Å². The summed E-state index contributed by atoms with van der Waals surface area (Å²) >= 11 is 6.23. The minimum absolute atomic E-state index is 0.616. The molecule has 0 saturated carbocycles. The van der Waals surface area contributed by atoms with Crippen LogP contribution in [0.5, 0.6) is 11.5 Å². The monoisotopic (exact) mass is 270 g/mol. The smallest absolute Gasteiger partial charge is 0.179 e. The molecule has 0 unspecified atom stereocenters. The summed E-state index contributed by atoms with van der Waals surface area (Å²) in [5.41, 5.74) is 6.64. The molecule has 1 aliphatic heterocycles. The molecule has 2 rings (SSSR count). The molecule has 100 valence electrons. The summed E-state index contributed by atoms with van der Waals surface area (Å²) in [5, 5.41) is 0.616. The molecule has 1 aromatic carbocycles. The van der Waals surface area contributed by atoms with Crippen molar-refractivity contribution in [1.29, 1.82) is 0 Å². The summed E-state index contributed by atoms with van der Waals surface area (Å²) in [7, 11) is 2.03. The maximum absolute atomic E-state index is 6.23. The number of nitrogens with zero attached hydrogens (tertiary/aromatic N) is 1. The van der Waals surface area contributed by atoms with Crippen molar-refractivity contribution >= 4 is 11.6 Å². The zero-order valence-electron chi connectivity index (χ0n) is 10.6. The molecule has 18 heavy (non-hydrogen) atoms. The molecule has 4 nitrogen and oxygen atoms in total. The lowest BCUT2D eigenvalue weighted by Gasteiger charge is -2.17. The summed E-state index contributed by atoms with van der Waals surface area (Å²) in [5.74, 6) is 1.41. The molecule has 0 bridgehead atoms. The van der Waals surface area contributed by atoms with Crippen molar-refractivity contribution in [3.05, 3.63) is 22.7 Å². The Kier molecular flexibility index (Phi) is 4.69. The van der Waals surface area contributed by atoms with E-state index in [4.69, 9.17) is 26.8 Å². The fourth-order valence-corrected chi connectivity index (χ4v) is 2.27. The van der Waals surface area contributed by atoms with Crippen LogP contribution in [-0.4, -0.2) is 38.3 Å². The van der Waals surface area contributed by atoms with Crippen LogP contribution in [0.3, 0.4) is 0 Å². The van der Waals surface area contributed by atoms with Crippen LogP contribution in [0.1, 0.15) is 12.0 Å². The molecule has 1 heterocycles. The average Bonchev–Trinajstić information content (AvgIpc) is 2.54. The molecular formula is C13H19ClN2O2. The third-order valence-electron chi connectivity index (χ3n) is 2.83. The van der Waals surface area contributed by atoms with Gasteiger partial charge in [0.05, 0.1) is 18.2 Å². The van der Waals surface area contributed by atoms with Crippen LogP contribution in [-0.2, 0) is 6.54 Å². The standard InChI is InChI=1S/C13H19ClN2O2/c1-16(4-3-15)9-10-7-11(14)13-12(8-10)17-5-2-6-18-13/h7-8H,2-6,9,15H2,1H3. The summed E-state index contributed by atoms with van der Waals surface area (Å²) in [4.78, 5) is 2.15. The van der Waals surface area contributed by atoms with E-state index in [2.05, 4.69) is 4.90 Å². The molecule has 0 atom stereocenters. The average molecular weight is 271 g/mol. The lowest BCUT2D eigenvalue weighted by atomic mass is 10.2. The number of fused-ring (bicyclic) bond motifs is 1. The highest BCUT2D eigenvalue weighted by Gasteiger charge is 2.15. The van der Waals surface area contributed by atoms with Crippen LogP contribution in [0.2, 0.25) is 5.02 Å². The predicted molar refractivity (Wildman–Crippen MR) is 72.4 cm³/mol. The zero-order chi connectivity index (χ0) is 13.0. The SMILES string of the molecule is CN(CCN)Cc1cc(Cl)c2c(c1)OCCCO2. The van der Waals surface area contributed by atoms with Crippen LogP contribution < -0.4 is 15.2 Å². The summed E-state index contributed by atoms with van der Waals surface area (Å²) in [6, 6.07) is 3.93. The Morgan fingerprint density at radius 3 is 2.89 bits per heavy atom. The normalized spacial score (nSPS) is 14.7. The van der Waals surface area contributed by atoms with Gasteiger partial charge in [-0.05, 0) is 24.7 Å². The van der Waals surface area contributed by atoms with Crippen LogP contribution in [0.4, 0.5) is 0 Å². The van der Waals surface area contributed by atoms with Gasteiger partial charge in [0.1, 0.15) is 0 Å². The van der Waals surface area contributed by atoms with Gasteiger partial charge in [0.25, 0.3) is 0 Å². The lowest BCUT2D eigenvalue weighted by molar-refractivity contribution is 0.296. The van der Waals surface area contributed by atoms with Gasteiger partial charge in [-0.15, -0.1) is 0 Å². The van der Waals surface area contributed by atoms with Crippen LogP contribution in [0.25, 0.3) is 0 Å². The number of nitrogens with two attached hydrogens (primary N) is 1. The first-order valence-electron chi connectivity index (χ1n) is 6.17. The highest BCUT2D eigenvalue weighted by Crippen LogP contribution is 2.38. The number of rotatable bonds is 4. The first kappa shape index (κ1) is 13.5. The highest BCUT2D eigenvalue weighted by atomic mass is 35.5. The van der Waals surface area contributed by atoms with E-state index in [1.165, 1.54) is 0 Å². The van der Waals surface area contributed by atoms with E-state index in [1.807, 2.05) is 19.2 Å². The van der Waals surface area contributed by atoms with Gasteiger partial charge in [-0.2, -0.15) is 0 Å². The van der Waals surface area contributed by atoms with E-state index in [9.17, 15) is 0 Å². The first-order valence-corrected chi connectivity index (χ1v) is 6.55. The van der Waals surface area contributed by atoms with Crippen molar-refractivity contribution in [1.82, 2.24) is 4.90 Å². The minimum Gasteiger partial charge on any atom is -0.489 e. The van der Waals surface area contributed by atoms with Gasteiger partial charge in [-0.3, -0.25) is 0 Å². The van der Waals surface area contributed by atoms with Crippen molar-refractivity contribution in [2.75, 3.05) is 33.4 Å². The molecular weight excluding hydrogens is 252 g/mol. The number of halogens is 1. The van der Waals surface area contributed by atoms with Crippen LogP contribution >= 0.6 is 11.6 Å². The molecule has 1 aliphatic rings. The highest BCUT2D eigenvalue weighted by molar-refractivity contribution is 6.32. The second-order valence-corrected chi connectivity index (χ2v) is 4.89. The molecule has 0 saturated heterocycles. The van der Waals surface area contributed by atoms with E-state index in [-0.39, 0.29) is 0 Å². The van der Waals surface area contributed by atoms with E-state index < -0.39 is 0 Å². The van der Waals surface area contributed by atoms with Crippen molar-refractivity contribution in [2.45, 2.75) is 13.0 Å². The number of hydrogen-bond acceptors (Lipinski definition) is 4. The Morgan fingerprint density at radius 1 is 1.33 bits per heavy atom. The topological polar surface area (TPSA) is 47.7 Å². The Morgan fingerprint density at radius 2 is 2.11 bits per heavy atom. The molecule has 0 spiro atoms. The minimum atomic E-state index is 0.616. The summed E-state index contributed by atoms with van der Waals surface area (Å²) < 4.78 is 11.3. The quantitative estimate of drug-likeness (QED) is 0.908. The molecule has 2 N–H and O–H groups in total.